The summed E-state index contributed by atoms with van der Waals surface area (Å²) >= 11 is 0. The van der Waals surface area contributed by atoms with E-state index in [1.165, 1.54) is 11.3 Å². The van der Waals surface area contributed by atoms with Crippen LogP contribution in [0.4, 0.5) is 5.69 Å². The summed E-state index contributed by atoms with van der Waals surface area (Å²) in [6.07, 6.45) is 0. The SMILES string of the molecule is Cc1cccc(N2CCN(Cc3nonc3C)CC2)c1. The van der Waals surface area contributed by atoms with Crippen LogP contribution in [0, 0.1) is 13.8 Å². The van der Waals surface area contributed by atoms with Gasteiger partial charge >= 0.3 is 0 Å². The van der Waals surface area contributed by atoms with Gasteiger partial charge in [-0.3, -0.25) is 4.90 Å². The van der Waals surface area contributed by atoms with Crippen molar-refractivity contribution in [3.63, 3.8) is 0 Å². The highest BCUT2D eigenvalue weighted by molar-refractivity contribution is 5.48. The Morgan fingerprint density at radius 3 is 2.55 bits per heavy atom. The molecule has 106 valence electrons. The normalized spacial score (nSPS) is 16.6. The summed E-state index contributed by atoms with van der Waals surface area (Å²) in [4.78, 5) is 4.84. The van der Waals surface area contributed by atoms with E-state index in [9.17, 15) is 0 Å². The highest BCUT2D eigenvalue weighted by atomic mass is 16.6. The van der Waals surface area contributed by atoms with Crippen molar-refractivity contribution in [3.8, 4) is 0 Å². The van der Waals surface area contributed by atoms with E-state index in [1.807, 2.05) is 6.92 Å². The van der Waals surface area contributed by atoms with Gasteiger partial charge in [-0.25, -0.2) is 4.63 Å². The van der Waals surface area contributed by atoms with Gasteiger partial charge in [-0.15, -0.1) is 0 Å². The first-order chi connectivity index (χ1) is 9.72. The van der Waals surface area contributed by atoms with Crippen molar-refractivity contribution >= 4 is 5.69 Å². The van der Waals surface area contributed by atoms with E-state index < -0.39 is 0 Å². The quantitative estimate of drug-likeness (QED) is 0.855. The molecule has 2 heterocycles. The first-order valence-electron chi connectivity index (χ1n) is 7.04. The summed E-state index contributed by atoms with van der Waals surface area (Å²) in [6, 6.07) is 8.71. The van der Waals surface area contributed by atoms with Gasteiger partial charge in [-0.2, -0.15) is 0 Å². The van der Waals surface area contributed by atoms with E-state index in [1.54, 1.807) is 0 Å². The summed E-state index contributed by atoms with van der Waals surface area (Å²) < 4.78 is 4.75. The molecule has 0 saturated carbocycles. The number of benzene rings is 1. The van der Waals surface area contributed by atoms with Crippen LogP contribution in [0.1, 0.15) is 17.0 Å². The third-order valence-corrected chi connectivity index (χ3v) is 3.86. The third-order valence-electron chi connectivity index (χ3n) is 3.86. The van der Waals surface area contributed by atoms with Crippen molar-refractivity contribution in [2.75, 3.05) is 31.1 Å². The molecular weight excluding hydrogens is 252 g/mol. The number of hydrogen-bond acceptors (Lipinski definition) is 5. The lowest BCUT2D eigenvalue weighted by atomic mass is 10.2. The van der Waals surface area contributed by atoms with Gasteiger partial charge in [0.2, 0.25) is 0 Å². The van der Waals surface area contributed by atoms with Crippen LogP contribution in [-0.4, -0.2) is 41.4 Å². The Hall–Kier alpha value is -1.88. The smallest absolute Gasteiger partial charge is 0.122 e. The highest BCUT2D eigenvalue weighted by Crippen LogP contribution is 2.18. The minimum atomic E-state index is 0.830. The second kappa shape index (κ2) is 5.63. The molecule has 1 aliphatic heterocycles. The lowest BCUT2D eigenvalue weighted by Gasteiger charge is -2.35. The molecule has 0 aliphatic carbocycles. The largest absolute Gasteiger partial charge is 0.369 e. The van der Waals surface area contributed by atoms with E-state index >= 15 is 0 Å². The Morgan fingerprint density at radius 2 is 1.90 bits per heavy atom. The zero-order chi connectivity index (χ0) is 13.9. The number of rotatable bonds is 3. The van der Waals surface area contributed by atoms with Crippen molar-refractivity contribution in [1.82, 2.24) is 15.2 Å². The van der Waals surface area contributed by atoms with Gasteiger partial charge in [0, 0.05) is 38.4 Å². The minimum absolute atomic E-state index is 0.830. The second-order valence-corrected chi connectivity index (χ2v) is 5.40. The van der Waals surface area contributed by atoms with Crippen molar-refractivity contribution in [2.45, 2.75) is 20.4 Å². The van der Waals surface area contributed by atoms with Gasteiger partial charge in [0.1, 0.15) is 11.4 Å². The molecule has 1 saturated heterocycles. The van der Waals surface area contributed by atoms with Crippen LogP contribution in [-0.2, 0) is 6.54 Å². The molecule has 20 heavy (non-hydrogen) atoms. The lowest BCUT2D eigenvalue weighted by Crippen LogP contribution is -2.46. The monoisotopic (exact) mass is 272 g/mol. The van der Waals surface area contributed by atoms with Crippen molar-refractivity contribution in [3.05, 3.63) is 41.2 Å². The molecule has 0 amide bonds. The average Bonchev–Trinajstić information content (AvgIpc) is 2.85. The Kier molecular flexibility index (Phi) is 3.69. The van der Waals surface area contributed by atoms with Crippen molar-refractivity contribution in [1.29, 1.82) is 0 Å². The molecule has 3 rings (SSSR count). The maximum absolute atomic E-state index is 4.75. The molecule has 0 unspecified atom stereocenters. The topological polar surface area (TPSA) is 45.4 Å². The molecule has 5 heteroatoms. The first-order valence-corrected chi connectivity index (χ1v) is 7.04. The fourth-order valence-electron chi connectivity index (χ4n) is 2.59. The Bertz CT molecular complexity index is 573. The Labute approximate surface area is 119 Å². The van der Waals surface area contributed by atoms with Gasteiger partial charge in [-0.1, -0.05) is 22.4 Å². The first kappa shape index (κ1) is 13.1. The van der Waals surface area contributed by atoms with Crippen LogP contribution in [0.3, 0.4) is 0 Å². The minimum Gasteiger partial charge on any atom is -0.369 e. The van der Waals surface area contributed by atoms with Gasteiger partial charge in [0.05, 0.1) is 0 Å². The lowest BCUT2D eigenvalue weighted by molar-refractivity contribution is 0.237. The fraction of sp³-hybridized carbons (Fsp3) is 0.467. The molecule has 1 fully saturated rings. The Morgan fingerprint density at radius 1 is 1.10 bits per heavy atom. The zero-order valence-electron chi connectivity index (χ0n) is 12.0. The number of aromatic nitrogens is 2. The second-order valence-electron chi connectivity index (χ2n) is 5.40. The van der Waals surface area contributed by atoms with Gasteiger partial charge in [-0.05, 0) is 31.5 Å². The van der Waals surface area contributed by atoms with Crippen LogP contribution in [0.15, 0.2) is 28.9 Å². The molecule has 5 nitrogen and oxygen atoms in total. The third kappa shape index (κ3) is 2.82. The number of hydrogen-bond donors (Lipinski definition) is 0. The molecule has 1 aromatic carbocycles. The maximum atomic E-state index is 4.75. The van der Waals surface area contributed by atoms with Crippen molar-refractivity contribution < 1.29 is 4.63 Å². The molecule has 1 aliphatic rings. The van der Waals surface area contributed by atoms with E-state index in [-0.39, 0.29) is 0 Å². The standard InChI is InChI=1S/C15H20N4O/c1-12-4-3-5-14(10-12)19-8-6-18(7-9-19)11-15-13(2)16-20-17-15/h3-5,10H,6-9,11H2,1-2H3. The van der Waals surface area contributed by atoms with E-state index in [0.29, 0.717) is 0 Å². The average molecular weight is 272 g/mol. The zero-order valence-corrected chi connectivity index (χ0v) is 12.0. The summed E-state index contributed by atoms with van der Waals surface area (Å²) in [5.74, 6) is 0. The highest BCUT2D eigenvalue weighted by Gasteiger charge is 2.19. The van der Waals surface area contributed by atoms with Crippen LogP contribution >= 0.6 is 0 Å². The van der Waals surface area contributed by atoms with Gasteiger partial charge in [0.15, 0.2) is 0 Å². The van der Waals surface area contributed by atoms with Crippen LogP contribution < -0.4 is 4.90 Å². The number of aryl methyl sites for hydroxylation is 2. The summed E-state index contributed by atoms with van der Waals surface area (Å²) in [6.45, 7) is 9.09. The predicted octanol–water partition coefficient (Wildman–Crippen LogP) is 2.01. The predicted molar refractivity (Wildman–Crippen MR) is 77.7 cm³/mol. The van der Waals surface area contributed by atoms with Crippen LogP contribution in [0.2, 0.25) is 0 Å². The summed E-state index contributed by atoms with van der Waals surface area (Å²) in [5.41, 5.74) is 4.48. The van der Waals surface area contributed by atoms with E-state index in [4.69, 9.17) is 4.63 Å². The van der Waals surface area contributed by atoms with Gasteiger partial charge < -0.3 is 4.90 Å². The van der Waals surface area contributed by atoms with Crippen LogP contribution in [0.5, 0.6) is 0 Å². The summed E-state index contributed by atoms with van der Waals surface area (Å²) in [5, 5.41) is 7.79. The number of anilines is 1. The van der Waals surface area contributed by atoms with Crippen molar-refractivity contribution in [2.24, 2.45) is 0 Å². The molecule has 0 bridgehead atoms. The molecule has 0 radical (unpaired) electrons. The number of piperazine rings is 1. The molecule has 0 N–H and O–H groups in total. The van der Waals surface area contributed by atoms with E-state index in [2.05, 4.69) is 51.3 Å². The fourth-order valence-corrected chi connectivity index (χ4v) is 2.59. The van der Waals surface area contributed by atoms with E-state index in [0.717, 1.165) is 44.1 Å². The molecule has 0 spiro atoms. The number of nitrogens with zero attached hydrogens (tertiary/aromatic N) is 4. The molecule has 0 atom stereocenters. The Balaban J connectivity index is 1.58. The van der Waals surface area contributed by atoms with Crippen LogP contribution in [0.25, 0.3) is 0 Å². The molecule has 1 aromatic heterocycles. The van der Waals surface area contributed by atoms with Gasteiger partial charge in [0.25, 0.3) is 0 Å². The maximum Gasteiger partial charge on any atom is 0.122 e. The molecular formula is C15H20N4O. The molecule has 2 aromatic rings. The summed E-state index contributed by atoms with van der Waals surface area (Å²) in [7, 11) is 0.